The molecule has 0 spiro atoms. The Bertz CT molecular complexity index is 1430. The van der Waals surface area contributed by atoms with Crippen molar-refractivity contribution in [3.63, 3.8) is 0 Å². The molecule has 0 heterocycles. The summed E-state index contributed by atoms with van der Waals surface area (Å²) < 4.78 is 68.1. The molecule has 0 aliphatic heterocycles. The van der Waals surface area contributed by atoms with Crippen molar-refractivity contribution in [1.82, 2.24) is 8.61 Å². The second-order valence-corrected chi connectivity index (χ2v) is 12.0. The second kappa shape index (κ2) is 13.4. The summed E-state index contributed by atoms with van der Waals surface area (Å²) in [6.07, 6.45) is 3.52. The number of aryl methyl sites for hydroxylation is 1. The number of rotatable bonds is 13. The number of allylic oxidation sites excluding steroid dienone is 2. The Morgan fingerprint density at radius 2 is 1.26 bits per heavy atom. The smallest absolute Gasteiger partial charge is 0.301 e. The van der Waals surface area contributed by atoms with Crippen molar-refractivity contribution >= 4 is 32.2 Å². The molecule has 0 saturated heterocycles. The van der Waals surface area contributed by atoms with Crippen LogP contribution in [-0.4, -0.2) is 63.8 Å². The number of nitrogens with zero attached hydrogens (tertiary/aromatic N) is 3. The summed E-state index contributed by atoms with van der Waals surface area (Å²) in [6.45, 7) is 2.92. The Kier molecular flexibility index (Phi) is 10.9. The SMILES string of the molecule is C/C=C(CN(CC=O)S(=O)(=O)c1ccc(C)cc1)\C(=C/C)CN(CC(=O)N=O)S(=O)(=O)c1ccc(F)cc1. The maximum atomic E-state index is 13.4. The van der Waals surface area contributed by atoms with Gasteiger partial charge < -0.3 is 4.79 Å². The van der Waals surface area contributed by atoms with Gasteiger partial charge in [0, 0.05) is 18.3 Å². The van der Waals surface area contributed by atoms with Crippen molar-refractivity contribution in [2.24, 2.45) is 5.18 Å². The van der Waals surface area contributed by atoms with Gasteiger partial charge in [-0.25, -0.2) is 21.2 Å². The van der Waals surface area contributed by atoms with Crippen molar-refractivity contribution in [3.8, 4) is 0 Å². The molecule has 2 aromatic carbocycles. The number of amides is 1. The molecular weight excluding hydrogens is 537 g/mol. The normalized spacial score (nSPS) is 13.1. The third-order valence-electron chi connectivity index (χ3n) is 5.60. The Morgan fingerprint density at radius 1 is 0.816 bits per heavy atom. The predicted octanol–water partition coefficient (Wildman–Crippen LogP) is 3.20. The van der Waals surface area contributed by atoms with Crippen LogP contribution in [0.3, 0.4) is 0 Å². The van der Waals surface area contributed by atoms with E-state index < -0.39 is 51.4 Å². The number of carbonyl (C=O) groups excluding carboxylic acids is 2. The van der Waals surface area contributed by atoms with Crippen LogP contribution in [-0.2, 0) is 29.6 Å². The van der Waals surface area contributed by atoms with Crippen LogP contribution in [0.25, 0.3) is 0 Å². The van der Waals surface area contributed by atoms with E-state index in [0.717, 1.165) is 34.1 Å². The minimum Gasteiger partial charge on any atom is -0.302 e. The first-order valence-electron chi connectivity index (χ1n) is 11.3. The number of benzene rings is 2. The molecule has 13 heteroatoms. The summed E-state index contributed by atoms with van der Waals surface area (Å²) in [6, 6.07) is 9.99. The molecule has 2 rings (SSSR count). The fourth-order valence-electron chi connectivity index (χ4n) is 3.49. The van der Waals surface area contributed by atoms with Crippen LogP contribution in [0.5, 0.6) is 0 Å². The molecule has 0 aliphatic carbocycles. The highest BCUT2D eigenvalue weighted by Crippen LogP contribution is 2.23. The first-order chi connectivity index (χ1) is 17.9. The number of hydrogen-bond donors (Lipinski definition) is 0. The Hall–Kier alpha value is -3.39. The lowest BCUT2D eigenvalue weighted by molar-refractivity contribution is -0.118. The second-order valence-electron chi connectivity index (χ2n) is 8.12. The van der Waals surface area contributed by atoms with Gasteiger partial charge in [0.05, 0.1) is 22.9 Å². The van der Waals surface area contributed by atoms with Gasteiger partial charge in [0.1, 0.15) is 12.1 Å². The van der Waals surface area contributed by atoms with Gasteiger partial charge in [-0.3, -0.25) is 4.79 Å². The van der Waals surface area contributed by atoms with Crippen molar-refractivity contribution in [1.29, 1.82) is 0 Å². The number of carbonyl (C=O) groups is 2. The highest BCUT2D eigenvalue weighted by Gasteiger charge is 2.30. The van der Waals surface area contributed by atoms with Crippen LogP contribution >= 0.6 is 0 Å². The summed E-state index contributed by atoms with van der Waals surface area (Å²) in [7, 11) is -8.49. The lowest BCUT2D eigenvalue weighted by Gasteiger charge is -2.26. The van der Waals surface area contributed by atoms with E-state index >= 15 is 0 Å². The van der Waals surface area contributed by atoms with Gasteiger partial charge in [-0.15, -0.1) is 4.91 Å². The summed E-state index contributed by atoms with van der Waals surface area (Å²) >= 11 is 0. The Labute approximate surface area is 221 Å². The van der Waals surface area contributed by atoms with Crippen LogP contribution in [0.4, 0.5) is 4.39 Å². The Balaban J connectivity index is 2.44. The van der Waals surface area contributed by atoms with Crippen molar-refractivity contribution in [2.75, 3.05) is 26.2 Å². The molecule has 2 aromatic rings. The molecule has 0 aliphatic rings. The molecule has 0 unspecified atom stereocenters. The van der Waals surface area contributed by atoms with Gasteiger partial charge in [-0.2, -0.15) is 8.61 Å². The van der Waals surface area contributed by atoms with E-state index in [1.54, 1.807) is 39.0 Å². The molecule has 0 bridgehead atoms. The standard InChI is InChI=1S/C25H28FN3O7S2/c1-4-20(16-28(14-15-30)37(33,34)23-10-6-19(3)7-11-23)21(5-2)17-29(18-25(31)27-32)38(35,36)24-12-8-22(26)9-13-24/h4-13,15H,14,16-18H2,1-3H3/b20-4-,21-5-. The number of sulfonamides is 2. The number of aldehydes is 1. The minimum absolute atomic E-state index is 0.0226. The number of hydrogen-bond acceptors (Lipinski definition) is 7. The zero-order chi connectivity index (χ0) is 28.5. The molecule has 1 amide bonds. The molecule has 38 heavy (non-hydrogen) atoms. The van der Waals surface area contributed by atoms with E-state index in [0.29, 0.717) is 21.7 Å². The molecule has 204 valence electrons. The minimum atomic E-state index is -4.39. The average molecular weight is 566 g/mol. The van der Waals surface area contributed by atoms with Gasteiger partial charge in [-0.05, 0) is 68.3 Å². The van der Waals surface area contributed by atoms with Gasteiger partial charge in [0.25, 0.3) is 0 Å². The topological polar surface area (TPSA) is 138 Å². The fraction of sp³-hybridized carbons (Fsp3) is 0.280. The van der Waals surface area contributed by atoms with Crippen LogP contribution < -0.4 is 0 Å². The first kappa shape index (κ1) is 30.8. The highest BCUT2D eigenvalue weighted by atomic mass is 32.2. The monoisotopic (exact) mass is 565 g/mol. The van der Waals surface area contributed by atoms with Crippen LogP contribution in [0, 0.1) is 17.6 Å². The maximum absolute atomic E-state index is 13.4. The summed E-state index contributed by atoms with van der Waals surface area (Å²) in [5.74, 6) is -1.92. The zero-order valence-corrected chi connectivity index (χ0v) is 22.7. The lowest BCUT2D eigenvalue weighted by atomic mass is 10.1. The zero-order valence-electron chi connectivity index (χ0n) is 21.1. The molecule has 10 nitrogen and oxygen atoms in total. The third-order valence-corrected chi connectivity index (χ3v) is 9.24. The van der Waals surface area contributed by atoms with E-state index in [-0.39, 0.29) is 16.3 Å². The largest absolute Gasteiger partial charge is 0.302 e. The highest BCUT2D eigenvalue weighted by molar-refractivity contribution is 7.89. The van der Waals surface area contributed by atoms with Gasteiger partial charge >= 0.3 is 5.91 Å². The van der Waals surface area contributed by atoms with E-state index in [1.165, 1.54) is 18.2 Å². The van der Waals surface area contributed by atoms with Crippen LogP contribution in [0.1, 0.15) is 19.4 Å². The van der Waals surface area contributed by atoms with E-state index in [1.807, 2.05) is 0 Å². The van der Waals surface area contributed by atoms with Crippen molar-refractivity contribution in [2.45, 2.75) is 30.6 Å². The first-order valence-corrected chi connectivity index (χ1v) is 14.2. The third kappa shape index (κ3) is 7.57. The Morgan fingerprint density at radius 3 is 1.71 bits per heavy atom. The van der Waals surface area contributed by atoms with Crippen molar-refractivity contribution in [3.05, 3.63) is 88.1 Å². The predicted molar refractivity (Wildman–Crippen MR) is 139 cm³/mol. The average Bonchev–Trinajstić information content (AvgIpc) is 2.89. The summed E-state index contributed by atoms with van der Waals surface area (Å²) in [5.41, 5.74) is 1.51. The molecule has 0 fully saturated rings. The van der Waals surface area contributed by atoms with Gasteiger partial charge in [0.2, 0.25) is 20.0 Å². The summed E-state index contributed by atoms with van der Waals surface area (Å²) in [5, 5.41) is 2.28. The summed E-state index contributed by atoms with van der Waals surface area (Å²) in [4.78, 5) is 33.6. The molecular formula is C25H28FN3O7S2. The molecule has 0 N–H and O–H groups in total. The number of halogens is 1. The lowest BCUT2D eigenvalue weighted by Crippen LogP contribution is -2.38. The molecule has 0 aromatic heterocycles. The van der Waals surface area contributed by atoms with E-state index in [4.69, 9.17) is 0 Å². The molecule has 0 saturated carbocycles. The van der Waals surface area contributed by atoms with E-state index in [9.17, 15) is 35.7 Å². The van der Waals surface area contributed by atoms with Crippen LogP contribution in [0.2, 0.25) is 0 Å². The molecule has 0 atom stereocenters. The quantitative estimate of drug-likeness (QED) is 0.206. The van der Waals surface area contributed by atoms with Gasteiger partial charge in [-0.1, -0.05) is 29.8 Å². The molecule has 0 radical (unpaired) electrons. The van der Waals surface area contributed by atoms with E-state index in [2.05, 4.69) is 5.18 Å². The van der Waals surface area contributed by atoms with Gasteiger partial charge in [0.15, 0.2) is 0 Å². The van der Waals surface area contributed by atoms with Crippen LogP contribution in [0.15, 0.2) is 86.8 Å². The fourth-order valence-corrected chi connectivity index (χ4v) is 6.20. The van der Waals surface area contributed by atoms with Crippen molar-refractivity contribution < 1.29 is 30.8 Å². The maximum Gasteiger partial charge on any atom is 0.301 e. The number of nitroso groups, excluding NO2 is 1.